The molecule has 158 valence electrons. The van der Waals surface area contributed by atoms with Gasteiger partial charge in [-0.15, -0.1) is 0 Å². The number of aliphatic hydroxyl groups excluding tert-OH is 2. The Labute approximate surface area is 174 Å². The van der Waals surface area contributed by atoms with Crippen LogP contribution in [0, 0.1) is 5.82 Å². The molecule has 0 radical (unpaired) electrons. The van der Waals surface area contributed by atoms with Crippen molar-refractivity contribution in [1.82, 2.24) is 4.57 Å². The predicted octanol–water partition coefficient (Wildman–Crippen LogP) is 4.63. The zero-order valence-corrected chi connectivity index (χ0v) is 17.0. The predicted molar refractivity (Wildman–Crippen MR) is 116 cm³/mol. The van der Waals surface area contributed by atoms with Gasteiger partial charge in [0.05, 0.1) is 18.6 Å². The number of para-hydroxylation sites is 1. The Balaban J connectivity index is 2.11. The number of halogens is 1. The van der Waals surface area contributed by atoms with Gasteiger partial charge in [-0.1, -0.05) is 42.5 Å². The average molecular weight is 411 g/mol. The number of aliphatic hydroxyl groups is 2. The van der Waals surface area contributed by atoms with Crippen LogP contribution in [0.25, 0.3) is 28.1 Å². The molecule has 3 N–H and O–H groups in total. The van der Waals surface area contributed by atoms with Crippen LogP contribution >= 0.6 is 0 Å². The van der Waals surface area contributed by atoms with Gasteiger partial charge in [0, 0.05) is 40.2 Å². The van der Waals surface area contributed by atoms with Gasteiger partial charge in [0.15, 0.2) is 0 Å². The van der Waals surface area contributed by atoms with E-state index in [1.807, 2.05) is 38.1 Å². The van der Waals surface area contributed by atoms with Crippen LogP contribution in [-0.2, 0) is 4.79 Å². The van der Waals surface area contributed by atoms with Gasteiger partial charge in [0.2, 0.25) is 0 Å². The van der Waals surface area contributed by atoms with E-state index in [-0.39, 0.29) is 18.3 Å². The molecule has 1 aromatic heterocycles. The SMILES string of the molecule is CC(C)n1c(C=C[C@@H](O)CC(O)CC(=O)O)c(-c2ccccc2F)c2ccccc21. The van der Waals surface area contributed by atoms with Crippen LogP contribution in [0.4, 0.5) is 4.39 Å². The van der Waals surface area contributed by atoms with Gasteiger partial charge in [-0.05, 0) is 32.1 Å². The molecule has 0 spiro atoms. The second-order valence-corrected chi connectivity index (χ2v) is 7.63. The minimum absolute atomic E-state index is 0.0739. The molecular formula is C24H26FNO4. The fourth-order valence-corrected chi connectivity index (χ4v) is 3.79. The smallest absolute Gasteiger partial charge is 0.305 e. The van der Waals surface area contributed by atoms with Gasteiger partial charge in [0.25, 0.3) is 0 Å². The van der Waals surface area contributed by atoms with Crippen molar-refractivity contribution < 1.29 is 24.5 Å². The lowest BCUT2D eigenvalue weighted by Gasteiger charge is -2.15. The Morgan fingerprint density at radius 3 is 2.43 bits per heavy atom. The fraction of sp³-hybridized carbons (Fsp3) is 0.292. The lowest BCUT2D eigenvalue weighted by atomic mass is 10.0. The first-order valence-corrected chi connectivity index (χ1v) is 9.93. The average Bonchev–Trinajstić information content (AvgIpc) is 3.00. The van der Waals surface area contributed by atoms with Gasteiger partial charge < -0.3 is 19.9 Å². The fourth-order valence-electron chi connectivity index (χ4n) is 3.79. The molecule has 6 heteroatoms. The highest BCUT2D eigenvalue weighted by Gasteiger charge is 2.21. The molecule has 0 bridgehead atoms. The summed E-state index contributed by atoms with van der Waals surface area (Å²) in [5.41, 5.74) is 2.88. The van der Waals surface area contributed by atoms with Crippen molar-refractivity contribution >= 4 is 22.9 Å². The summed E-state index contributed by atoms with van der Waals surface area (Å²) in [5, 5.41) is 29.7. The number of aliphatic carboxylic acids is 1. The molecule has 0 fully saturated rings. The normalized spacial score (nSPS) is 13.9. The second-order valence-electron chi connectivity index (χ2n) is 7.63. The van der Waals surface area contributed by atoms with E-state index in [0.29, 0.717) is 5.56 Å². The Hall–Kier alpha value is -2.96. The Bertz CT molecular complexity index is 1070. The first-order valence-electron chi connectivity index (χ1n) is 9.93. The zero-order chi connectivity index (χ0) is 21.8. The van der Waals surface area contributed by atoms with Crippen LogP contribution in [-0.4, -0.2) is 38.1 Å². The molecule has 0 aliphatic heterocycles. The van der Waals surface area contributed by atoms with Crippen LogP contribution in [0.15, 0.2) is 54.6 Å². The lowest BCUT2D eigenvalue weighted by molar-refractivity contribution is -0.139. The standard InChI is InChI=1S/C24H26FNO4/c1-15(2)26-21-10-6-4-8-19(21)24(18-7-3-5-9-20(18)25)22(26)12-11-16(27)13-17(28)14-23(29)30/h3-12,15-17,27-28H,13-14H2,1-2H3,(H,29,30)/t16-,17?/m1/s1. The van der Waals surface area contributed by atoms with E-state index in [4.69, 9.17) is 5.11 Å². The van der Waals surface area contributed by atoms with Crippen molar-refractivity contribution in [2.24, 2.45) is 0 Å². The number of fused-ring (bicyclic) bond motifs is 1. The largest absolute Gasteiger partial charge is 0.481 e. The van der Waals surface area contributed by atoms with E-state index in [9.17, 15) is 19.4 Å². The number of benzene rings is 2. The molecular weight excluding hydrogens is 385 g/mol. The molecule has 0 amide bonds. The van der Waals surface area contributed by atoms with Crippen LogP contribution in [0.5, 0.6) is 0 Å². The Kier molecular flexibility index (Phi) is 6.70. The first-order chi connectivity index (χ1) is 14.3. The molecule has 3 rings (SSSR count). The van der Waals surface area contributed by atoms with Crippen LogP contribution in [0.1, 0.15) is 38.4 Å². The van der Waals surface area contributed by atoms with Gasteiger partial charge in [-0.3, -0.25) is 4.79 Å². The third kappa shape index (κ3) is 4.61. The van der Waals surface area contributed by atoms with Crippen LogP contribution in [0.2, 0.25) is 0 Å². The molecule has 2 atom stereocenters. The van der Waals surface area contributed by atoms with Gasteiger partial charge in [-0.25, -0.2) is 4.39 Å². The number of aromatic nitrogens is 1. The monoisotopic (exact) mass is 411 g/mol. The summed E-state index contributed by atoms with van der Waals surface area (Å²) in [4.78, 5) is 10.7. The summed E-state index contributed by atoms with van der Waals surface area (Å²) in [6, 6.07) is 14.4. The highest BCUT2D eigenvalue weighted by molar-refractivity contribution is 6.01. The summed E-state index contributed by atoms with van der Waals surface area (Å²) < 4.78 is 16.8. The zero-order valence-electron chi connectivity index (χ0n) is 17.0. The van der Waals surface area contributed by atoms with Gasteiger partial charge >= 0.3 is 5.97 Å². The number of nitrogens with zero attached hydrogens (tertiary/aromatic N) is 1. The van der Waals surface area contributed by atoms with Gasteiger partial charge in [0.1, 0.15) is 5.82 Å². The second kappa shape index (κ2) is 9.24. The molecule has 1 unspecified atom stereocenters. The van der Waals surface area contributed by atoms with Crippen molar-refractivity contribution in [3.8, 4) is 11.1 Å². The summed E-state index contributed by atoms with van der Waals surface area (Å²) in [6.45, 7) is 4.06. The molecule has 3 aromatic rings. The summed E-state index contributed by atoms with van der Waals surface area (Å²) in [7, 11) is 0. The molecule has 30 heavy (non-hydrogen) atoms. The molecule has 5 nitrogen and oxygen atoms in total. The summed E-state index contributed by atoms with van der Waals surface area (Å²) >= 11 is 0. The van der Waals surface area contributed by atoms with Crippen LogP contribution in [0.3, 0.4) is 0 Å². The molecule has 0 saturated heterocycles. The third-order valence-corrected chi connectivity index (χ3v) is 5.01. The van der Waals surface area contributed by atoms with E-state index >= 15 is 0 Å². The van der Waals surface area contributed by atoms with Crippen molar-refractivity contribution in [1.29, 1.82) is 0 Å². The molecule has 0 aliphatic carbocycles. The number of carbonyl (C=O) groups is 1. The maximum absolute atomic E-state index is 14.7. The number of hydrogen-bond acceptors (Lipinski definition) is 3. The third-order valence-electron chi connectivity index (χ3n) is 5.01. The lowest BCUT2D eigenvalue weighted by Crippen LogP contribution is -2.19. The summed E-state index contributed by atoms with van der Waals surface area (Å²) in [5.74, 6) is -1.46. The quantitative estimate of drug-likeness (QED) is 0.505. The first kappa shape index (κ1) is 21.7. The molecule has 2 aromatic carbocycles. The minimum Gasteiger partial charge on any atom is -0.481 e. The topological polar surface area (TPSA) is 82.7 Å². The van der Waals surface area contributed by atoms with E-state index < -0.39 is 24.6 Å². The maximum atomic E-state index is 14.7. The van der Waals surface area contributed by atoms with Crippen molar-refractivity contribution in [3.63, 3.8) is 0 Å². The Morgan fingerprint density at radius 1 is 1.10 bits per heavy atom. The number of hydrogen-bond donors (Lipinski definition) is 3. The molecule has 0 aliphatic rings. The van der Waals surface area contributed by atoms with Crippen molar-refractivity contribution in [2.75, 3.05) is 0 Å². The van der Waals surface area contributed by atoms with Gasteiger partial charge in [-0.2, -0.15) is 0 Å². The maximum Gasteiger partial charge on any atom is 0.305 e. The molecule has 1 heterocycles. The van der Waals surface area contributed by atoms with E-state index in [1.165, 1.54) is 12.1 Å². The van der Waals surface area contributed by atoms with Crippen molar-refractivity contribution in [3.05, 3.63) is 66.1 Å². The number of carboxylic acid groups (broad SMARTS) is 1. The number of carboxylic acids is 1. The van der Waals surface area contributed by atoms with Crippen molar-refractivity contribution in [2.45, 2.75) is 44.9 Å². The van der Waals surface area contributed by atoms with E-state index in [1.54, 1.807) is 24.3 Å². The van der Waals surface area contributed by atoms with E-state index in [2.05, 4.69) is 4.57 Å². The summed E-state index contributed by atoms with van der Waals surface area (Å²) in [6.07, 6.45) is 0.524. The Morgan fingerprint density at radius 2 is 1.77 bits per heavy atom. The highest BCUT2D eigenvalue weighted by Crippen LogP contribution is 2.38. The van der Waals surface area contributed by atoms with Crippen LogP contribution < -0.4 is 0 Å². The molecule has 0 saturated carbocycles. The number of rotatable bonds is 8. The highest BCUT2D eigenvalue weighted by atomic mass is 19.1. The minimum atomic E-state index is -1.15. The van der Waals surface area contributed by atoms with E-state index in [0.717, 1.165) is 22.2 Å².